The molecule has 0 fully saturated rings. The van der Waals surface area contributed by atoms with E-state index in [1.165, 1.54) is 55.6 Å². The average Bonchev–Trinajstić information content (AvgIpc) is 3.11. The molecule has 238 valence electrons. The molecule has 0 spiro atoms. The van der Waals surface area contributed by atoms with E-state index in [1.54, 1.807) is 0 Å². The van der Waals surface area contributed by atoms with Crippen LogP contribution in [-0.2, 0) is 65.4 Å². The maximum absolute atomic E-state index is 3.95. The predicted molar refractivity (Wildman–Crippen MR) is 183 cm³/mol. The summed E-state index contributed by atoms with van der Waals surface area (Å²) in [6.07, 6.45) is 0. The minimum Gasteiger partial charge on any atom is -0.354 e. The van der Waals surface area contributed by atoms with Crippen LogP contribution in [0.3, 0.4) is 0 Å². The standard InChI is InChI=1S/C40H48N6/c41-21-31-1-5-33(6-2-31)23-43-25-35-9-13-37(14-10-35)27-45-29-39-17-19-40(20-18-39)30-46-28-38-15-11-36(12-16-38)26-44-24-34-7-3-32(22-42)4-8-34/h1-20,43-46H,21-30,41-42H2/p+6. The third-order valence-electron chi connectivity index (χ3n) is 8.73. The van der Waals surface area contributed by atoms with E-state index in [0.717, 1.165) is 65.4 Å². The predicted octanol–water partition coefficient (Wildman–Crippen LogP) is 0.225. The highest BCUT2D eigenvalue weighted by molar-refractivity contribution is 5.25. The fraction of sp³-hybridized carbons (Fsp3) is 0.250. The average molecular weight is 619 g/mol. The first-order chi connectivity index (χ1) is 22.7. The smallest absolute Gasteiger partial charge is 0.101 e. The van der Waals surface area contributed by atoms with E-state index in [4.69, 9.17) is 0 Å². The Labute approximate surface area is 274 Å². The van der Waals surface area contributed by atoms with Gasteiger partial charge in [-0.2, -0.15) is 0 Å². The number of quaternary nitrogens is 6. The molecule has 14 N–H and O–H groups in total. The zero-order valence-electron chi connectivity index (χ0n) is 27.3. The molecule has 0 amide bonds. The van der Waals surface area contributed by atoms with Crippen molar-refractivity contribution in [3.8, 4) is 0 Å². The lowest BCUT2D eigenvalue weighted by atomic mass is 10.1. The molecule has 0 atom stereocenters. The molecule has 0 heterocycles. The largest absolute Gasteiger partial charge is 0.354 e. The molecule has 0 aliphatic carbocycles. The van der Waals surface area contributed by atoms with Crippen molar-refractivity contribution >= 4 is 0 Å². The quantitative estimate of drug-likeness (QED) is 0.0806. The van der Waals surface area contributed by atoms with Gasteiger partial charge in [0.05, 0.1) is 13.1 Å². The van der Waals surface area contributed by atoms with E-state index < -0.39 is 0 Å². The Hall–Kier alpha value is -4.14. The molecular weight excluding hydrogens is 564 g/mol. The van der Waals surface area contributed by atoms with E-state index in [1.807, 2.05) is 0 Å². The van der Waals surface area contributed by atoms with Gasteiger partial charge < -0.3 is 32.7 Å². The van der Waals surface area contributed by atoms with Gasteiger partial charge in [0.25, 0.3) is 0 Å². The van der Waals surface area contributed by atoms with Crippen molar-refractivity contribution in [1.82, 2.24) is 0 Å². The molecule has 5 rings (SSSR count). The second kappa shape index (κ2) is 18.1. The van der Waals surface area contributed by atoms with Gasteiger partial charge in [0.1, 0.15) is 52.4 Å². The van der Waals surface area contributed by atoms with E-state index in [-0.39, 0.29) is 0 Å². The van der Waals surface area contributed by atoms with Crippen molar-refractivity contribution in [2.45, 2.75) is 65.4 Å². The summed E-state index contributed by atoms with van der Waals surface area (Å²) >= 11 is 0. The summed E-state index contributed by atoms with van der Waals surface area (Å²) < 4.78 is 0. The second-order valence-electron chi connectivity index (χ2n) is 12.4. The van der Waals surface area contributed by atoms with Crippen molar-refractivity contribution in [3.63, 3.8) is 0 Å². The van der Waals surface area contributed by atoms with Crippen LogP contribution in [0.5, 0.6) is 0 Å². The van der Waals surface area contributed by atoms with Crippen LogP contribution in [0.2, 0.25) is 0 Å². The normalized spacial score (nSPS) is 11.2. The van der Waals surface area contributed by atoms with Gasteiger partial charge in [-0.05, 0) is 0 Å². The van der Waals surface area contributed by atoms with Crippen LogP contribution in [0.15, 0.2) is 121 Å². The highest BCUT2D eigenvalue weighted by atomic mass is 14.9. The summed E-state index contributed by atoms with van der Waals surface area (Å²) in [6.45, 7) is 9.72. The van der Waals surface area contributed by atoms with Crippen molar-refractivity contribution in [2.24, 2.45) is 0 Å². The Morgan fingerprint density at radius 1 is 0.239 bits per heavy atom. The summed E-state index contributed by atoms with van der Waals surface area (Å²) in [5, 5.41) is 9.52. The lowest BCUT2D eigenvalue weighted by Crippen LogP contribution is -2.81. The minimum atomic E-state index is 0.852. The molecular formula is C40H54N6+6. The Kier molecular flexibility index (Phi) is 13.1. The van der Waals surface area contributed by atoms with Gasteiger partial charge in [-0.3, -0.25) is 0 Å². The lowest BCUT2D eigenvalue weighted by Gasteiger charge is -2.07. The Morgan fingerprint density at radius 2 is 0.370 bits per heavy atom. The fourth-order valence-corrected chi connectivity index (χ4v) is 5.74. The van der Waals surface area contributed by atoms with Gasteiger partial charge in [0, 0.05) is 55.6 Å². The van der Waals surface area contributed by atoms with Crippen LogP contribution in [0, 0.1) is 0 Å². The highest BCUT2D eigenvalue weighted by Gasteiger charge is 2.04. The summed E-state index contributed by atoms with van der Waals surface area (Å²) in [5.41, 5.74) is 21.5. The third kappa shape index (κ3) is 11.0. The van der Waals surface area contributed by atoms with Crippen LogP contribution in [-0.4, -0.2) is 0 Å². The van der Waals surface area contributed by atoms with E-state index in [0.29, 0.717) is 0 Å². The Morgan fingerprint density at radius 3 is 0.500 bits per heavy atom. The Bertz CT molecular complexity index is 1440. The summed E-state index contributed by atoms with van der Waals surface area (Å²) in [4.78, 5) is 0. The number of benzene rings is 5. The van der Waals surface area contributed by atoms with Crippen molar-refractivity contribution < 1.29 is 32.7 Å². The van der Waals surface area contributed by atoms with Gasteiger partial charge in [-0.1, -0.05) is 121 Å². The van der Waals surface area contributed by atoms with Crippen molar-refractivity contribution in [3.05, 3.63) is 177 Å². The molecule has 0 aromatic heterocycles. The van der Waals surface area contributed by atoms with Crippen molar-refractivity contribution in [2.75, 3.05) is 0 Å². The number of rotatable bonds is 18. The van der Waals surface area contributed by atoms with Gasteiger partial charge in [0.2, 0.25) is 0 Å². The fourth-order valence-electron chi connectivity index (χ4n) is 5.74. The van der Waals surface area contributed by atoms with E-state index in [9.17, 15) is 0 Å². The molecule has 5 aromatic rings. The summed E-state index contributed by atoms with van der Waals surface area (Å²) in [7, 11) is 0. The van der Waals surface area contributed by atoms with Crippen LogP contribution in [0.1, 0.15) is 55.6 Å². The van der Waals surface area contributed by atoms with Crippen molar-refractivity contribution in [1.29, 1.82) is 0 Å². The monoisotopic (exact) mass is 618 g/mol. The molecule has 0 radical (unpaired) electrons. The lowest BCUT2D eigenvalue weighted by molar-refractivity contribution is -0.687. The number of hydrogen-bond donors (Lipinski definition) is 6. The maximum atomic E-state index is 3.95. The molecule has 0 saturated carbocycles. The first kappa shape index (κ1) is 33.2. The second-order valence-corrected chi connectivity index (χ2v) is 12.4. The first-order valence-electron chi connectivity index (χ1n) is 16.9. The van der Waals surface area contributed by atoms with Gasteiger partial charge in [0.15, 0.2) is 0 Å². The summed E-state index contributed by atoms with van der Waals surface area (Å²) in [6, 6.07) is 45.0. The van der Waals surface area contributed by atoms with E-state index in [2.05, 4.69) is 154 Å². The number of nitrogens with two attached hydrogens (primary N) is 4. The molecule has 0 aliphatic rings. The SMILES string of the molecule is [NH3+]Cc1ccc(C[NH2+]Cc2ccc(C[NH2+]Cc3ccc(C[NH2+]Cc4ccc(C[NH2+]Cc5ccc(C[NH3+])cc5)cc4)cc3)cc2)cc1. The van der Waals surface area contributed by atoms with Gasteiger partial charge in [-0.25, -0.2) is 0 Å². The highest BCUT2D eigenvalue weighted by Crippen LogP contribution is 2.06. The van der Waals surface area contributed by atoms with Gasteiger partial charge in [-0.15, -0.1) is 0 Å². The zero-order valence-corrected chi connectivity index (χ0v) is 27.3. The Balaban J connectivity index is 0.939. The van der Waals surface area contributed by atoms with Crippen LogP contribution in [0.25, 0.3) is 0 Å². The molecule has 46 heavy (non-hydrogen) atoms. The first-order valence-corrected chi connectivity index (χ1v) is 16.9. The van der Waals surface area contributed by atoms with Crippen LogP contribution in [0.4, 0.5) is 0 Å². The summed E-state index contributed by atoms with van der Waals surface area (Å²) in [5.74, 6) is 0. The molecule has 6 nitrogen and oxygen atoms in total. The zero-order chi connectivity index (χ0) is 31.8. The van der Waals surface area contributed by atoms with E-state index >= 15 is 0 Å². The topological polar surface area (TPSA) is 122 Å². The molecule has 0 bridgehead atoms. The van der Waals surface area contributed by atoms with Crippen LogP contribution < -0.4 is 32.7 Å². The molecule has 0 saturated heterocycles. The third-order valence-corrected chi connectivity index (χ3v) is 8.73. The molecule has 0 unspecified atom stereocenters. The molecule has 5 aromatic carbocycles. The number of hydrogen-bond acceptors (Lipinski definition) is 0. The van der Waals surface area contributed by atoms with Crippen LogP contribution >= 0.6 is 0 Å². The van der Waals surface area contributed by atoms with Gasteiger partial charge >= 0.3 is 0 Å². The molecule has 0 aliphatic heterocycles. The minimum absolute atomic E-state index is 0.852. The maximum Gasteiger partial charge on any atom is 0.101 e. The molecule has 6 heteroatoms.